The van der Waals surface area contributed by atoms with Crippen LogP contribution in [0.15, 0.2) is 42.5 Å². The van der Waals surface area contributed by atoms with E-state index in [4.69, 9.17) is 0 Å². The van der Waals surface area contributed by atoms with Crippen molar-refractivity contribution < 1.29 is 0 Å². The molecular weight excluding hydrogens is 206 g/mol. The Hall–Kier alpha value is -1.34. The molecule has 0 aromatic heterocycles. The molecule has 17 heavy (non-hydrogen) atoms. The van der Waals surface area contributed by atoms with Crippen LogP contribution in [0, 0.1) is 0 Å². The van der Waals surface area contributed by atoms with E-state index in [1.807, 2.05) is 0 Å². The lowest BCUT2D eigenvalue weighted by molar-refractivity contribution is 0.469. The predicted molar refractivity (Wildman–Crippen MR) is 75.3 cm³/mol. The molecule has 1 N–H and O–H groups in total. The van der Waals surface area contributed by atoms with Crippen LogP contribution in [0.4, 0.5) is 0 Å². The fourth-order valence-electron chi connectivity index (χ4n) is 2.38. The molecule has 0 saturated carbocycles. The summed E-state index contributed by atoms with van der Waals surface area (Å²) in [7, 11) is 0. The Morgan fingerprint density at radius 2 is 1.71 bits per heavy atom. The average molecular weight is 227 g/mol. The zero-order valence-electron chi connectivity index (χ0n) is 10.9. The summed E-state index contributed by atoms with van der Waals surface area (Å²) >= 11 is 0. The molecule has 0 aliphatic carbocycles. The lowest BCUT2D eigenvalue weighted by Crippen LogP contribution is -2.27. The van der Waals surface area contributed by atoms with Crippen LogP contribution in [-0.4, -0.2) is 6.04 Å². The summed E-state index contributed by atoms with van der Waals surface area (Å²) in [6.45, 7) is 6.64. The predicted octanol–water partition coefficient (Wildman–Crippen LogP) is 4.29. The van der Waals surface area contributed by atoms with Crippen LogP contribution in [0.3, 0.4) is 0 Å². The molecule has 2 aromatic carbocycles. The molecule has 1 unspecified atom stereocenters. The van der Waals surface area contributed by atoms with Crippen LogP contribution >= 0.6 is 0 Å². The van der Waals surface area contributed by atoms with Crippen molar-refractivity contribution >= 4 is 10.8 Å². The van der Waals surface area contributed by atoms with Crippen molar-refractivity contribution in [3.63, 3.8) is 0 Å². The normalized spacial score (nSPS) is 13.2. The van der Waals surface area contributed by atoms with Crippen molar-refractivity contribution in [2.45, 2.75) is 39.3 Å². The number of hydrogen-bond donors (Lipinski definition) is 1. The Balaban J connectivity index is 2.46. The first-order valence-electron chi connectivity index (χ1n) is 6.46. The lowest BCUT2D eigenvalue weighted by atomic mass is 9.97. The summed E-state index contributed by atoms with van der Waals surface area (Å²) in [5.74, 6) is 0. The van der Waals surface area contributed by atoms with Crippen molar-refractivity contribution in [3.05, 3.63) is 48.0 Å². The summed E-state index contributed by atoms with van der Waals surface area (Å²) < 4.78 is 0. The number of nitrogens with one attached hydrogen (secondary N) is 1. The van der Waals surface area contributed by atoms with Gasteiger partial charge in [0.25, 0.3) is 0 Å². The highest BCUT2D eigenvalue weighted by Crippen LogP contribution is 2.26. The molecule has 1 heteroatoms. The molecule has 1 nitrogen and oxygen atoms in total. The lowest BCUT2D eigenvalue weighted by Gasteiger charge is -2.21. The summed E-state index contributed by atoms with van der Waals surface area (Å²) in [6.07, 6.45) is 1.12. The van der Waals surface area contributed by atoms with E-state index in [0.717, 1.165) is 6.42 Å². The molecule has 1 atom stereocenters. The van der Waals surface area contributed by atoms with Gasteiger partial charge in [-0.15, -0.1) is 0 Å². The SMILES string of the molecule is CCC(NC(C)C)c1cccc2ccccc12. The van der Waals surface area contributed by atoms with Crippen molar-refractivity contribution in [3.8, 4) is 0 Å². The minimum atomic E-state index is 0.445. The van der Waals surface area contributed by atoms with Gasteiger partial charge in [0.15, 0.2) is 0 Å². The smallest absolute Gasteiger partial charge is 0.0325 e. The van der Waals surface area contributed by atoms with E-state index in [-0.39, 0.29) is 0 Å². The van der Waals surface area contributed by atoms with E-state index >= 15 is 0 Å². The van der Waals surface area contributed by atoms with Crippen LogP contribution in [0.5, 0.6) is 0 Å². The fourth-order valence-corrected chi connectivity index (χ4v) is 2.38. The van der Waals surface area contributed by atoms with E-state index in [0.29, 0.717) is 12.1 Å². The molecule has 2 rings (SSSR count). The van der Waals surface area contributed by atoms with Gasteiger partial charge in [0, 0.05) is 12.1 Å². The van der Waals surface area contributed by atoms with Crippen LogP contribution in [0.1, 0.15) is 38.8 Å². The van der Waals surface area contributed by atoms with Crippen LogP contribution < -0.4 is 5.32 Å². The monoisotopic (exact) mass is 227 g/mol. The summed E-state index contributed by atoms with van der Waals surface area (Å²) in [5.41, 5.74) is 1.42. The Morgan fingerprint density at radius 3 is 2.41 bits per heavy atom. The quantitative estimate of drug-likeness (QED) is 0.821. The largest absolute Gasteiger partial charge is 0.308 e. The number of rotatable bonds is 4. The van der Waals surface area contributed by atoms with E-state index in [2.05, 4.69) is 68.6 Å². The third-order valence-electron chi connectivity index (χ3n) is 3.14. The molecule has 90 valence electrons. The van der Waals surface area contributed by atoms with Gasteiger partial charge >= 0.3 is 0 Å². The van der Waals surface area contributed by atoms with Gasteiger partial charge in [-0.2, -0.15) is 0 Å². The van der Waals surface area contributed by atoms with Gasteiger partial charge < -0.3 is 5.32 Å². The molecule has 0 aliphatic heterocycles. The van der Waals surface area contributed by atoms with Gasteiger partial charge in [0.2, 0.25) is 0 Å². The molecule has 0 spiro atoms. The van der Waals surface area contributed by atoms with Crippen molar-refractivity contribution in [2.75, 3.05) is 0 Å². The number of hydrogen-bond acceptors (Lipinski definition) is 1. The van der Waals surface area contributed by atoms with Crippen molar-refractivity contribution in [2.24, 2.45) is 0 Å². The summed E-state index contributed by atoms with van der Waals surface area (Å²) in [6, 6.07) is 16.2. The molecule has 0 radical (unpaired) electrons. The first-order chi connectivity index (χ1) is 8.22. The topological polar surface area (TPSA) is 12.0 Å². The van der Waals surface area contributed by atoms with Crippen LogP contribution in [0.2, 0.25) is 0 Å². The molecule has 0 saturated heterocycles. The van der Waals surface area contributed by atoms with Gasteiger partial charge in [-0.25, -0.2) is 0 Å². The zero-order chi connectivity index (χ0) is 12.3. The molecule has 0 aliphatic rings. The van der Waals surface area contributed by atoms with E-state index in [9.17, 15) is 0 Å². The number of benzene rings is 2. The fraction of sp³-hybridized carbons (Fsp3) is 0.375. The van der Waals surface area contributed by atoms with Gasteiger partial charge in [-0.1, -0.05) is 63.2 Å². The van der Waals surface area contributed by atoms with Crippen LogP contribution in [0.25, 0.3) is 10.8 Å². The summed E-state index contributed by atoms with van der Waals surface area (Å²) in [4.78, 5) is 0. The second-order valence-electron chi connectivity index (χ2n) is 4.85. The molecule has 2 aromatic rings. The minimum absolute atomic E-state index is 0.445. The second-order valence-corrected chi connectivity index (χ2v) is 4.85. The first kappa shape index (κ1) is 12.1. The van der Waals surface area contributed by atoms with Crippen molar-refractivity contribution in [1.29, 1.82) is 0 Å². The maximum Gasteiger partial charge on any atom is 0.0325 e. The maximum atomic E-state index is 3.64. The highest BCUT2D eigenvalue weighted by atomic mass is 14.9. The highest BCUT2D eigenvalue weighted by Gasteiger charge is 2.12. The van der Waals surface area contributed by atoms with E-state index in [1.54, 1.807) is 0 Å². The average Bonchev–Trinajstić information content (AvgIpc) is 2.35. The standard InChI is InChI=1S/C16H21N/c1-4-16(17-12(2)3)15-11-7-9-13-8-5-6-10-14(13)15/h5-12,16-17H,4H2,1-3H3. The van der Waals surface area contributed by atoms with Gasteiger partial charge in [0.1, 0.15) is 0 Å². The van der Waals surface area contributed by atoms with Gasteiger partial charge in [-0.05, 0) is 22.8 Å². The van der Waals surface area contributed by atoms with E-state index < -0.39 is 0 Å². The van der Waals surface area contributed by atoms with Crippen molar-refractivity contribution in [1.82, 2.24) is 5.32 Å². The van der Waals surface area contributed by atoms with Gasteiger partial charge in [-0.3, -0.25) is 0 Å². The number of fused-ring (bicyclic) bond motifs is 1. The third-order valence-corrected chi connectivity index (χ3v) is 3.14. The first-order valence-corrected chi connectivity index (χ1v) is 6.46. The Labute approximate surface area is 104 Å². The minimum Gasteiger partial charge on any atom is -0.308 e. The van der Waals surface area contributed by atoms with Crippen LogP contribution in [-0.2, 0) is 0 Å². The molecule has 0 fully saturated rings. The molecule has 0 bridgehead atoms. The highest BCUT2D eigenvalue weighted by molar-refractivity contribution is 5.86. The van der Waals surface area contributed by atoms with E-state index in [1.165, 1.54) is 16.3 Å². The Morgan fingerprint density at radius 1 is 1.00 bits per heavy atom. The Kier molecular flexibility index (Phi) is 3.80. The molecular formula is C16H21N. The third kappa shape index (κ3) is 2.67. The maximum absolute atomic E-state index is 3.64. The summed E-state index contributed by atoms with van der Waals surface area (Å²) in [5, 5.41) is 6.34. The Bertz CT molecular complexity index is 482. The zero-order valence-corrected chi connectivity index (χ0v) is 10.9. The second kappa shape index (κ2) is 5.33. The van der Waals surface area contributed by atoms with Gasteiger partial charge in [0.05, 0.1) is 0 Å². The molecule has 0 amide bonds. The molecule has 0 heterocycles.